The van der Waals surface area contributed by atoms with Gasteiger partial charge in [-0.3, -0.25) is 4.79 Å². The molecule has 1 aromatic rings. The smallest absolute Gasteiger partial charge is 0.252 e. The van der Waals surface area contributed by atoms with Gasteiger partial charge in [-0.05, 0) is 43.1 Å². The zero-order valence-electron chi connectivity index (χ0n) is 12.8. The number of hydrogen-bond acceptors (Lipinski definition) is 3. The summed E-state index contributed by atoms with van der Waals surface area (Å²) in [7, 11) is 0. The summed E-state index contributed by atoms with van der Waals surface area (Å²) in [4.78, 5) is 13.5. The fourth-order valence-corrected chi connectivity index (χ4v) is 3.94. The van der Waals surface area contributed by atoms with Crippen LogP contribution in [-0.2, 0) is 12.8 Å². The highest BCUT2D eigenvalue weighted by Crippen LogP contribution is 2.40. The van der Waals surface area contributed by atoms with Crippen LogP contribution in [-0.4, -0.2) is 23.7 Å². The molecule has 0 aliphatic heterocycles. The maximum Gasteiger partial charge on any atom is 0.252 e. The van der Waals surface area contributed by atoms with E-state index in [1.807, 2.05) is 5.38 Å². The van der Waals surface area contributed by atoms with Gasteiger partial charge in [0.2, 0.25) is 0 Å². The van der Waals surface area contributed by atoms with Crippen LogP contribution in [0.15, 0.2) is 5.38 Å². The number of thiophene rings is 1. The second-order valence-corrected chi connectivity index (χ2v) is 7.88. The third kappa shape index (κ3) is 3.41. The number of carbonyl (C=O) groups is 1. The van der Waals surface area contributed by atoms with E-state index in [9.17, 15) is 9.90 Å². The van der Waals surface area contributed by atoms with E-state index in [0.29, 0.717) is 17.9 Å². The third-order valence-electron chi connectivity index (χ3n) is 4.18. The van der Waals surface area contributed by atoms with Gasteiger partial charge in [-0.1, -0.05) is 20.8 Å². The topological polar surface area (TPSA) is 49.3 Å². The van der Waals surface area contributed by atoms with E-state index in [1.165, 1.54) is 10.4 Å². The number of nitrogens with one attached hydrogen (secondary N) is 1. The molecule has 0 aromatic carbocycles. The van der Waals surface area contributed by atoms with Gasteiger partial charge in [-0.2, -0.15) is 0 Å². The van der Waals surface area contributed by atoms with E-state index in [2.05, 4.69) is 26.1 Å². The van der Waals surface area contributed by atoms with Gasteiger partial charge in [0.1, 0.15) is 0 Å². The third-order valence-corrected chi connectivity index (χ3v) is 5.23. The zero-order valence-corrected chi connectivity index (χ0v) is 13.6. The predicted octanol–water partition coefficient (Wildman–Crippen LogP) is 3.01. The molecule has 112 valence electrons. The molecule has 1 aromatic heterocycles. The van der Waals surface area contributed by atoms with Crippen molar-refractivity contribution in [1.82, 2.24) is 5.32 Å². The van der Waals surface area contributed by atoms with Gasteiger partial charge < -0.3 is 10.4 Å². The molecule has 4 heteroatoms. The molecule has 0 radical (unpaired) electrons. The van der Waals surface area contributed by atoms with E-state index < -0.39 is 6.10 Å². The quantitative estimate of drug-likeness (QED) is 0.900. The van der Waals surface area contributed by atoms with Crippen LogP contribution in [0.1, 0.15) is 54.9 Å². The lowest BCUT2D eigenvalue weighted by molar-refractivity contribution is 0.0923. The summed E-state index contributed by atoms with van der Waals surface area (Å²) in [6.07, 6.45) is 2.74. The maximum atomic E-state index is 12.1. The number of amides is 1. The lowest BCUT2D eigenvalue weighted by Gasteiger charge is -2.34. The molecule has 0 saturated carbocycles. The molecule has 0 bridgehead atoms. The Labute approximate surface area is 125 Å². The van der Waals surface area contributed by atoms with Crippen molar-refractivity contribution in [2.24, 2.45) is 11.3 Å². The zero-order chi connectivity index (χ0) is 14.9. The Morgan fingerprint density at radius 1 is 1.55 bits per heavy atom. The van der Waals surface area contributed by atoms with Crippen molar-refractivity contribution in [1.29, 1.82) is 0 Å². The van der Waals surface area contributed by atoms with Gasteiger partial charge in [-0.15, -0.1) is 11.3 Å². The fourth-order valence-electron chi connectivity index (χ4n) is 2.78. The average Bonchev–Trinajstić information content (AvgIpc) is 2.77. The lowest BCUT2D eigenvalue weighted by Crippen LogP contribution is -2.31. The van der Waals surface area contributed by atoms with Crippen LogP contribution in [0.5, 0.6) is 0 Å². The first kappa shape index (κ1) is 15.5. The minimum absolute atomic E-state index is 0.0439. The molecule has 1 heterocycles. The molecule has 0 spiro atoms. The number of aliphatic hydroxyl groups is 1. The number of hydrogen-bond donors (Lipinski definition) is 2. The van der Waals surface area contributed by atoms with Crippen LogP contribution >= 0.6 is 11.3 Å². The van der Waals surface area contributed by atoms with Crippen molar-refractivity contribution in [3.05, 3.63) is 21.4 Å². The first-order chi connectivity index (χ1) is 9.29. The Morgan fingerprint density at radius 2 is 2.25 bits per heavy atom. The predicted molar refractivity (Wildman–Crippen MR) is 83.3 cm³/mol. The Kier molecular flexibility index (Phi) is 4.55. The average molecular weight is 295 g/mol. The molecule has 0 saturated heterocycles. The molecule has 3 nitrogen and oxygen atoms in total. The van der Waals surface area contributed by atoms with Crippen molar-refractivity contribution in [2.75, 3.05) is 6.54 Å². The summed E-state index contributed by atoms with van der Waals surface area (Å²) in [5, 5.41) is 14.0. The summed E-state index contributed by atoms with van der Waals surface area (Å²) in [5.41, 5.74) is 2.38. The van der Waals surface area contributed by atoms with E-state index in [4.69, 9.17) is 0 Å². The first-order valence-electron chi connectivity index (χ1n) is 7.34. The molecule has 2 unspecified atom stereocenters. The van der Waals surface area contributed by atoms with E-state index in [0.717, 1.165) is 24.8 Å². The largest absolute Gasteiger partial charge is 0.392 e. The summed E-state index contributed by atoms with van der Waals surface area (Å²) < 4.78 is 0. The van der Waals surface area contributed by atoms with Crippen molar-refractivity contribution in [3.63, 3.8) is 0 Å². The maximum absolute atomic E-state index is 12.1. The van der Waals surface area contributed by atoms with Crippen LogP contribution in [0.3, 0.4) is 0 Å². The number of rotatable bonds is 3. The minimum Gasteiger partial charge on any atom is -0.392 e. The summed E-state index contributed by atoms with van der Waals surface area (Å²) in [6, 6.07) is 0. The van der Waals surface area contributed by atoms with E-state index in [-0.39, 0.29) is 5.91 Å². The second-order valence-electron chi connectivity index (χ2n) is 6.92. The molecule has 2 N–H and O–H groups in total. The molecular weight excluding hydrogens is 270 g/mol. The second kappa shape index (κ2) is 5.86. The summed E-state index contributed by atoms with van der Waals surface area (Å²) in [6.45, 7) is 8.89. The van der Waals surface area contributed by atoms with Gasteiger partial charge in [-0.25, -0.2) is 0 Å². The van der Waals surface area contributed by atoms with E-state index in [1.54, 1.807) is 18.3 Å². The molecule has 1 aliphatic carbocycles. The summed E-state index contributed by atoms with van der Waals surface area (Å²) >= 11 is 1.71. The highest BCUT2D eigenvalue weighted by Gasteiger charge is 2.31. The highest BCUT2D eigenvalue weighted by atomic mass is 32.1. The Hall–Kier alpha value is -0.870. The van der Waals surface area contributed by atoms with Gasteiger partial charge in [0.25, 0.3) is 5.91 Å². The van der Waals surface area contributed by atoms with Crippen LogP contribution in [0.25, 0.3) is 0 Å². The monoisotopic (exact) mass is 295 g/mol. The SMILES string of the molecule is CC(O)CNC(=O)c1csc2c1CCC(C(C)(C)C)C2. The van der Waals surface area contributed by atoms with Crippen LogP contribution in [0, 0.1) is 11.3 Å². The van der Waals surface area contributed by atoms with Gasteiger partial charge in [0.05, 0.1) is 11.7 Å². The molecule has 0 fully saturated rings. The fraction of sp³-hybridized carbons (Fsp3) is 0.688. The van der Waals surface area contributed by atoms with Crippen LogP contribution < -0.4 is 5.32 Å². The van der Waals surface area contributed by atoms with Crippen molar-refractivity contribution >= 4 is 17.2 Å². The first-order valence-corrected chi connectivity index (χ1v) is 8.22. The Balaban J connectivity index is 2.10. The van der Waals surface area contributed by atoms with Gasteiger partial charge in [0, 0.05) is 16.8 Å². The van der Waals surface area contributed by atoms with Crippen LogP contribution in [0.4, 0.5) is 0 Å². The van der Waals surface area contributed by atoms with Gasteiger partial charge in [0.15, 0.2) is 0 Å². The molecule has 1 amide bonds. The minimum atomic E-state index is -0.501. The number of fused-ring (bicyclic) bond motifs is 1. The Morgan fingerprint density at radius 3 is 2.85 bits per heavy atom. The number of carbonyl (C=O) groups excluding carboxylic acids is 1. The lowest BCUT2D eigenvalue weighted by atomic mass is 9.72. The highest BCUT2D eigenvalue weighted by molar-refractivity contribution is 7.10. The molecule has 20 heavy (non-hydrogen) atoms. The standard InChI is InChI=1S/C16H25NO2S/c1-10(18)8-17-15(19)13-9-20-14-7-11(16(2,3)4)5-6-12(13)14/h9-11,18H,5-8H2,1-4H3,(H,17,19). The molecular formula is C16H25NO2S. The van der Waals surface area contributed by atoms with Crippen molar-refractivity contribution < 1.29 is 9.90 Å². The van der Waals surface area contributed by atoms with Gasteiger partial charge >= 0.3 is 0 Å². The Bertz CT molecular complexity index is 485. The molecule has 2 rings (SSSR count). The molecule has 2 atom stereocenters. The number of aliphatic hydroxyl groups excluding tert-OH is 1. The van der Waals surface area contributed by atoms with E-state index >= 15 is 0 Å². The molecule has 1 aliphatic rings. The summed E-state index contributed by atoms with van der Waals surface area (Å²) in [5.74, 6) is 0.652. The van der Waals surface area contributed by atoms with Crippen molar-refractivity contribution in [3.8, 4) is 0 Å². The normalized spacial score (nSPS) is 20.4. The van der Waals surface area contributed by atoms with Crippen molar-refractivity contribution in [2.45, 2.75) is 53.1 Å². The van der Waals surface area contributed by atoms with Crippen LogP contribution in [0.2, 0.25) is 0 Å².